The van der Waals surface area contributed by atoms with Crippen LogP contribution in [0.2, 0.25) is 0 Å². The molecule has 0 aromatic carbocycles. The first-order chi connectivity index (χ1) is 7.56. The Morgan fingerprint density at radius 3 is 2.24 bits per heavy atom. The van der Waals surface area contributed by atoms with Crippen LogP contribution in [0.5, 0.6) is 0 Å². The second-order valence-corrected chi connectivity index (χ2v) is 5.55. The summed E-state index contributed by atoms with van der Waals surface area (Å²) in [5.41, 5.74) is 0. The number of hydrogen-bond acceptors (Lipinski definition) is 1. The van der Waals surface area contributed by atoms with Gasteiger partial charge in [-0.2, -0.15) is 13.2 Å². The number of halogens is 6. The maximum Gasteiger partial charge on any atom is 0.409 e. The number of rotatable bonds is 4. The Labute approximate surface area is 112 Å². The fraction of sp³-hybridized carbons (Fsp3) is 0.667. The van der Waals surface area contributed by atoms with Gasteiger partial charge in [-0.1, -0.05) is 54.2 Å². The summed E-state index contributed by atoms with van der Waals surface area (Å²) in [7, 11) is 0. The van der Waals surface area contributed by atoms with E-state index in [4.69, 9.17) is 34.8 Å². The zero-order valence-corrected chi connectivity index (χ0v) is 11.1. The molecule has 0 aliphatic heterocycles. The standard InChI is InChI=1S/C9H11Cl3F3NO/c1-2-3-6(4-5-8(13,14)15)16-7(17)9(10,11)12/h4-6H,2-3H2,1H3,(H,16,17)/b5-4+. The van der Waals surface area contributed by atoms with Crippen LogP contribution in [0.4, 0.5) is 13.2 Å². The van der Waals surface area contributed by atoms with Crippen molar-refractivity contribution >= 4 is 40.7 Å². The lowest BCUT2D eigenvalue weighted by atomic mass is 10.1. The molecule has 17 heavy (non-hydrogen) atoms. The first-order valence-electron chi connectivity index (χ1n) is 4.70. The molecule has 1 unspecified atom stereocenters. The van der Waals surface area contributed by atoms with Crippen molar-refractivity contribution in [3.05, 3.63) is 12.2 Å². The van der Waals surface area contributed by atoms with E-state index in [2.05, 4.69) is 5.32 Å². The monoisotopic (exact) mass is 311 g/mol. The van der Waals surface area contributed by atoms with Crippen molar-refractivity contribution in [2.24, 2.45) is 0 Å². The van der Waals surface area contributed by atoms with Crippen molar-refractivity contribution in [2.75, 3.05) is 0 Å². The van der Waals surface area contributed by atoms with Gasteiger partial charge >= 0.3 is 6.18 Å². The highest BCUT2D eigenvalue weighted by molar-refractivity contribution is 6.76. The molecule has 0 aliphatic rings. The predicted molar refractivity (Wildman–Crippen MR) is 62.3 cm³/mol. The molecule has 0 saturated heterocycles. The molecule has 0 aliphatic carbocycles. The number of allylic oxidation sites excluding steroid dienone is 1. The van der Waals surface area contributed by atoms with Gasteiger partial charge in [0.25, 0.3) is 9.70 Å². The van der Waals surface area contributed by atoms with E-state index in [9.17, 15) is 18.0 Å². The number of nitrogens with one attached hydrogen (secondary N) is 1. The minimum atomic E-state index is -4.43. The van der Waals surface area contributed by atoms with E-state index in [-0.39, 0.29) is 6.08 Å². The van der Waals surface area contributed by atoms with E-state index >= 15 is 0 Å². The Kier molecular flexibility index (Phi) is 6.66. The maximum atomic E-state index is 11.9. The zero-order chi connectivity index (χ0) is 13.7. The molecule has 0 spiro atoms. The predicted octanol–water partition coefficient (Wildman–Crippen LogP) is 3.76. The first-order valence-corrected chi connectivity index (χ1v) is 5.83. The van der Waals surface area contributed by atoms with Gasteiger partial charge in [0.15, 0.2) is 0 Å². The molecule has 0 fully saturated rings. The van der Waals surface area contributed by atoms with Crippen LogP contribution in [0.25, 0.3) is 0 Å². The van der Waals surface area contributed by atoms with E-state index in [1.54, 1.807) is 6.92 Å². The van der Waals surface area contributed by atoms with Gasteiger partial charge in [-0.3, -0.25) is 4.79 Å². The van der Waals surface area contributed by atoms with Gasteiger partial charge in [0.05, 0.1) is 0 Å². The third-order valence-corrected chi connectivity index (χ3v) is 2.21. The minimum Gasteiger partial charge on any atom is -0.346 e. The quantitative estimate of drug-likeness (QED) is 0.621. The van der Waals surface area contributed by atoms with E-state index in [0.29, 0.717) is 12.8 Å². The van der Waals surface area contributed by atoms with Crippen LogP contribution >= 0.6 is 34.8 Å². The highest BCUT2D eigenvalue weighted by Gasteiger charge is 2.32. The molecule has 0 saturated carbocycles. The van der Waals surface area contributed by atoms with Gasteiger partial charge in [-0.05, 0) is 6.42 Å². The average molecular weight is 313 g/mol. The normalized spacial score (nSPS) is 15.0. The summed E-state index contributed by atoms with van der Waals surface area (Å²) in [6.07, 6.45) is -2.66. The van der Waals surface area contributed by atoms with Crippen molar-refractivity contribution in [1.82, 2.24) is 5.32 Å². The van der Waals surface area contributed by atoms with Gasteiger partial charge in [-0.15, -0.1) is 0 Å². The van der Waals surface area contributed by atoms with E-state index in [1.165, 1.54) is 0 Å². The second-order valence-electron chi connectivity index (χ2n) is 3.27. The molecule has 1 N–H and O–H groups in total. The molecule has 1 atom stereocenters. The highest BCUT2D eigenvalue weighted by atomic mass is 35.6. The summed E-state index contributed by atoms with van der Waals surface area (Å²) in [5.74, 6) is -0.951. The van der Waals surface area contributed by atoms with Crippen LogP contribution < -0.4 is 5.32 Å². The molecule has 0 bridgehead atoms. The van der Waals surface area contributed by atoms with Gasteiger partial charge in [0, 0.05) is 12.1 Å². The highest BCUT2D eigenvalue weighted by Crippen LogP contribution is 2.26. The van der Waals surface area contributed by atoms with Crippen molar-refractivity contribution in [3.8, 4) is 0 Å². The van der Waals surface area contributed by atoms with Crippen molar-refractivity contribution in [3.63, 3.8) is 0 Å². The summed E-state index contributed by atoms with van der Waals surface area (Å²) in [5, 5.41) is 2.21. The number of alkyl halides is 6. The Morgan fingerprint density at radius 1 is 1.35 bits per heavy atom. The molecule has 0 aromatic heterocycles. The molecule has 1 amide bonds. The summed E-state index contributed by atoms with van der Waals surface area (Å²) < 4.78 is 33.7. The molecule has 0 aromatic rings. The van der Waals surface area contributed by atoms with Crippen LogP contribution in [0.3, 0.4) is 0 Å². The summed E-state index contributed by atoms with van der Waals surface area (Å²) in [4.78, 5) is 11.3. The number of hydrogen-bond donors (Lipinski definition) is 1. The van der Waals surface area contributed by atoms with Crippen LogP contribution in [0.1, 0.15) is 19.8 Å². The maximum absolute atomic E-state index is 11.9. The van der Waals surface area contributed by atoms with E-state index in [1.807, 2.05) is 0 Å². The minimum absolute atomic E-state index is 0.0476. The lowest BCUT2D eigenvalue weighted by Gasteiger charge is -2.18. The second kappa shape index (κ2) is 6.71. The molecule has 8 heteroatoms. The van der Waals surface area contributed by atoms with Crippen molar-refractivity contribution in [1.29, 1.82) is 0 Å². The number of amides is 1. The Hall–Kier alpha value is -0.130. The Balaban J connectivity index is 4.55. The fourth-order valence-electron chi connectivity index (χ4n) is 1.00. The Morgan fingerprint density at radius 2 is 1.88 bits per heavy atom. The third-order valence-electron chi connectivity index (χ3n) is 1.69. The number of carbonyl (C=O) groups excluding carboxylic acids is 1. The Bertz CT molecular complexity index is 286. The van der Waals surface area contributed by atoms with Crippen LogP contribution in [-0.2, 0) is 4.79 Å². The summed E-state index contributed by atoms with van der Waals surface area (Å²) in [6, 6.07) is -0.815. The molecule has 0 radical (unpaired) electrons. The van der Waals surface area contributed by atoms with Crippen LogP contribution in [0, 0.1) is 0 Å². The van der Waals surface area contributed by atoms with Gasteiger partial charge in [-0.25, -0.2) is 0 Å². The van der Waals surface area contributed by atoms with Crippen molar-refractivity contribution < 1.29 is 18.0 Å². The molecule has 100 valence electrons. The first kappa shape index (κ1) is 16.9. The molecule has 2 nitrogen and oxygen atoms in total. The van der Waals surface area contributed by atoms with Gasteiger partial charge in [0.1, 0.15) is 0 Å². The molecular formula is C9H11Cl3F3NO. The zero-order valence-electron chi connectivity index (χ0n) is 8.82. The molecule has 0 rings (SSSR count). The fourth-order valence-corrected chi connectivity index (χ4v) is 1.17. The number of carbonyl (C=O) groups is 1. The molecular weight excluding hydrogens is 301 g/mol. The van der Waals surface area contributed by atoms with Crippen LogP contribution in [0.15, 0.2) is 12.2 Å². The van der Waals surface area contributed by atoms with Gasteiger partial charge < -0.3 is 5.32 Å². The van der Waals surface area contributed by atoms with Crippen LogP contribution in [-0.4, -0.2) is 21.9 Å². The van der Waals surface area contributed by atoms with E-state index < -0.39 is 21.9 Å². The van der Waals surface area contributed by atoms with E-state index in [0.717, 1.165) is 6.08 Å². The van der Waals surface area contributed by atoms with Gasteiger partial charge in [0.2, 0.25) is 0 Å². The lowest BCUT2D eigenvalue weighted by Crippen LogP contribution is -2.40. The summed E-state index contributed by atoms with van der Waals surface area (Å²) in [6.45, 7) is 1.76. The molecule has 0 heterocycles. The smallest absolute Gasteiger partial charge is 0.346 e. The third kappa shape index (κ3) is 8.57. The summed E-state index contributed by atoms with van der Waals surface area (Å²) >= 11 is 15.9. The average Bonchev–Trinajstić information content (AvgIpc) is 2.11. The lowest BCUT2D eigenvalue weighted by molar-refractivity contribution is -0.120. The van der Waals surface area contributed by atoms with Crippen molar-refractivity contribution in [2.45, 2.75) is 35.8 Å². The largest absolute Gasteiger partial charge is 0.409 e. The topological polar surface area (TPSA) is 29.1 Å². The SMILES string of the molecule is CCCC(/C=C/C(F)(F)F)NC(=O)C(Cl)(Cl)Cl.